The van der Waals surface area contributed by atoms with Crippen LogP contribution in [0.3, 0.4) is 0 Å². The minimum absolute atomic E-state index is 0.512. The second kappa shape index (κ2) is 6.15. The summed E-state index contributed by atoms with van der Waals surface area (Å²) in [6, 6.07) is 1.39. The van der Waals surface area contributed by atoms with Crippen LogP contribution in [0.15, 0.2) is 0 Å². The van der Waals surface area contributed by atoms with E-state index < -0.39 is 10.8 Å². The van der Waals surface area contributed by atoms with Crippen LogP contribution in [-0.2, 0) is 10.8 Å². The van der Waals surface area contributed by atoms with Gasteiger partial charge in [0.15, 0.2) is 0 Å². The van der Waals surface area contributed by atoms with Gasteiger partial charge in [-0.3, -0.25) is 4.21 Å². The fourth-order valence-corrected chi connectivity index (χ4v) is 4.42. The van der Waals surface area contributed by atoms with E-state index in [2.05, 4.69) is 12.2 Å². The van der Waals surface area contributed by atoms with Gasteiger partial charge in [0.2, 0.25) is 0 Å². The van der Waals surface area contributed by atoms with Gasteiger partial charge in [0.25, 0.3) is 0 Å². The van der Waals surface area contributed by atoms with E-state index in [0.29, 0.717) is 6.04 Å². The number of rotatable bonds is 3. The first-order valence-electron chi connectivity index (χ1n) is 6.87. The Morgan fingerprint density at radius 1 is 1.06 bits per heavy atom. The second-order valence-electron chi connectivity index (χ2n) is 5.48. The molecule has 0 radical (unpaired) electrons. The van der Waals surface area contributed by atoms with E-state index in [1.807, 2.05) is 0 Å². The number of hydrogen-bond acceptors (Lipinski definition) is 2. The third-order valence-electron chi connectivity index (χ3n) is 4.24. The molecule has 1 heterocycles. The molecule has 2 fully saturated rings. The zero-order chi connectivity index (χ0) is 11.4. The lowest BCUT2D eigenvalue weighted by atomic mass is 9.91. The second-order valence-corrected chi connectivity index (χ2v) is 7.17. The quantitative estimate of drug-likeness (QED) is 0.825. The molecule has 1 saturated carbocycles. The van der Waals surface area contributed by atoms with Crippen LogP contribution >= 0.6 is 0 Å². The summed E-state index contributed by atoms with van der Waals surface area (Å²) < 4.78 is 11.3. The highest BCUT2D eigenvalue weighted by atomic mass is 32.2. The topological polar surface area (TPSA) is 29.1 Å². The molecule has 0 amide bonds. The minimum Gasteiger partial charge on any atom is -0.311 e. The maximum atomic E-state index is 11.3. The Labute approximate surface area is 102 Å². The van der Waals surface area contributed by atoms with Crippen molar-refractivity contribution in [3.05, 3.63) is 0 Å². The molecule has 1 N–H and O–H groups in total. The van der Waals surface area contributed by atoms with E-state index in [9.17, 15) is 4.21 Å². The predicted molar refractivity (Wildman–Crippen MR) is 70.1 cm³/mol. The van der Waals surface area contributed by atoms with E-state index in [-0.39, 0.29) is 0 Å². The summed E-state index contributed by atoms with van der Waals surface area (Å²) in [4.78, 5) is 0. The monoisotopic (exact) mass is 243 g/mol. The lowest BCUT2D eigenvalue weighted by molar-refractivity contribution is 0.280. The van der Waals surface area contributed by atoms with Crippen molar-refractivity contribution in [2.45, 2.75) is 64.0 Å². The highest BCUT2D eigenvalue weighted by molar-refractivity contribution is 7.85. The van der Waals surface area contributed by atoms with Gasteiger partial charge in [-0.25, -0.2) is 0 Å². The first kappa shape index (κ1) is 12.6. The number of hydrogen-bond donors (Lipinski definition) is 1. The maximum Gasteiger partial charge on any atom is 0.0238 e. The van der Waals surface area contributed by atoms with Crippen LogP contribution in [-0.4, -0.2) is 27.8 Å². The molecule has 1 saturated heterocycles. The van der Waals surface area contributed by atoms with E-state index in [4.69, 9.17) is 0 Å². The molecule has 2 aliphatic rings. The normalized spacial score (nSPS) is 34.8. The molecule has 0 spiro atoms. The summed E-state index contributed by atoms with van der Waals surface area (Å²) in [6.07, 6.45) is 9.28. The molecule has 1 unspecified atom stereocenters. The van der Waals surface area contributed by atoms with E-state index in [1.165, 1.54) is 32.1 Å². The first-order valence-corrected chi connectivity index (χ1v) is 8.35. The van der Waals surface area contributed by atoms with Crippen molar-refractivity contribution >= 4 is 10.8 Å². The Balaban J connectivity index is 1.73. The first-order chi connectivity index (χ1) is 7.75. The van der Waals surface area contributed by atoms with Crippen LogP contribution in [0.5, 0.6) is 0 Å². The molecule has 2 rings (SSSR count). The molecule has 1 atom stereocenters. The average molecular weight is 243 g/mol. The largest absolute Gasteiger partial charge is 0.311 e. The van der Waals surface area contributed by atoms with Crippen molar-refractivity contribution in [3.63, 3.8) is 0 Å². The molecule has 1 aliphatic carbocycles. The number of nitrogens with one attached hydrogen (secondary N) is 1. The van der Waals surface area contributed by atoms with E-state index in [0.717, 1.165) is 36.3 Å². The smallest absolute Gasteiger partial charge is 0.0238 e. The van der Waals surface area contributed by atoms with Gasteiger partial charge in [-0.05, 0) is 38.5 Å². The van der Waals surface area contributed by atoms with E-state index in [1.54, 1.807) is 0 Å². The molecule has 1 aliphatic heterocycles. The van der Waals surface area contributed by atoms with Crippen LogP contribution < -0.4 is 5.32 Å². The minimum atomic E-state index is -0.512. The molecule has 0 aromatic rings. The summed E-state index contributed by atoms with van der Waals surface area (Å²) in [5.41, 5.74) is 0. The zero-order valence-corrected chi connectivity index (χ0v) is 11.2. The van der Waals surface area contributed by atoms with E-state index >= 15 is 0 Å². The van der Waals surface area contributed by atoms with Crippen molar-refractivity contribution in [2.75, 3.05) is 11.5 Å². The van der Waals surface area contributed by atoms with Crippen molar-refractivity contribution in [3.8, 4) is 0 Å². The van der Waals surface area contributed by atoms with Crippen LogP contribution in [0.25, 0.3) is 0 Å². The Morgan fingerprint density at radius 3 is 2.31 bits per heavy atom. The summed E-state index contributed by atoms with van der Waals surface area (Å²) in [7, 11) is -0.512. The molecule has 3 heteroatoms. The van der Waals surface area contributed by atoms with Crippen molar-refractivity contribution in [1.82, 2.24) is 5.32 Å². The summed E-state index contributed by atoms with van der Waals surface area (Å²) in [6.45, 7) is 2.33. The van der Waals surface area contributed by atoms with Crippen LogP contribution in [0, 0.1) is 5.92 Å². The zero-order valence-electron chi connectivity index (χ0n) is 10.4. The fourth-order valence-electron chi connectivity index (χ4n) is 3.09. The Hall–Kier alpha value is 0.110. The fraction of sp³-hybridized carbons (Fsp3) is 1.00. The molecule has 0 aromatic carbocycles. The lowest BCUT2D eigenvalue weighted by Crippen LogP contribution is -2.43. The highest BCUT2D eigenvalue weighted by Gasteiger charge is 2.25. The Kier molecular flexibility index (Phi) is 4.83. The van der Waals surface area contributed by atoms with Gasteiger partial charge in [-0.1, -0.05) is 19.3 Å². The average Bonchev–Trinajstić information content (AvgIpc) is 2.31. The van der Waals surface area contributed by atoms with Crippen molar-refractivity contribution in [2.24, 2.45) is 5.92 Å². The van der Waals surface area contributed by atoms with Crippen LogP contribution in [0.2, 0.25) is 0 Å². The Bertz CT molecular complexity index is 228. The molecular weight excluding hydrogens is 218 g/mol. The Morgan fingerprint density at radius 2 is 1.69 bits per heavy atom. The van der Waals surface area contributed by atoms with Crippen molar-refractivity contribution < 1.29 is 4.21 Å². The van der Waals surface area contributed by atoms with Gasteiger partial charge >= 0.3 is 0 Å². The molecular formula is C13H25NOS. The third-order valence-corrected chi connectivity index (χ3v) is 5.63. The van der Waals surface area contributed by atoms with Gasteiger partial charge in [0.1, 0.15) is 0 Å². The summed E-state index contributed by atoms with van der Waals surface area (Å²) >= 11 is 0. The maximum absolute atomic E-state index is 11.3. The van der Waals surface area contributed by atoms with Gasteiger partial charge in [0, 0.05) is 34.4 Å². The molecule has 0 aromatic heterocycles. The molecule has 0 bridgehead atoms. The lowest BCUT2D eigenvalue weighted by Gasteiger charge is -2.33. The third kappa shape index (κ3) is 3.56. The summed E-state index contributed by atoms with van der Waals surface area (Å²) in [5.74, 6) is 2.63. The van der Waals surface area contributed by atoms with Gasteiger partial charge in [-0.15, -0.1) is 0 Å². The molecule has 94 valence electrons. The predicted octanol–water partition coefficient (Wildman–Crippen LogP) is 2.46. The standard InChI is InChI=1S/C13H25NOS/c1-11(12-7-9-16(15)10-8-12)14-13-5-3-2-4-6-13/h11-14H,2-10H2,1H3. The summed E-state index contributed by atoms with van der Waals surface area (Å²) in [5, 5.41) is 3.80. The van der Waals surface area contributed by atoms with Gasteiger partial charge in [-0.2, -0.15) is 0 Å². The van der Waals surface area contributed by atoms with Gasteiger partial charge < -0.3 is 5.32 Å². The molecule has 2 nitrogen and oxygen atoms in total. The van der Waals surface area contributed by atoms with Crippen LogP contribution in [0.1, 0.15) is 51.9 Å². The van der Waals surface area contributed by atoms with Crippen LogP contribution in [0.4, 0.5) is 0 Å². The van der Waals surface area contributed by atoms with Crippen molar-refractivity contribution in [1.29, 1.82) is 0 Å². The molecule has 16 heavy (non-hydrogen) atoms. The van der Waals surface area contributed by atoms with Gasteiger partial charge in [0.05, 0.1) is 0 Å². The highest BCUT2D eigenvalue weighted by Crippen LogP contribution is 2.23. The SMILES string of the molecule is CC(NC1CCCCC1)C1CCS(=O)CC1.